The van der Waals surface area contributed by atoms with Crippen LogP contribution in [0.15, 0.2) is 42.6 Å². The van der Waals surface area contributed by atoms with Crippen LogP contribution in [0.1, 0.15) is 12.0 Å². The third-order valence-electron chi connectivity index (χ3n) is 4.52. The number of aryl methyl sites for hydroxylation is 1. The molecule has 0 saturated carbocycles. The second-order valence-corrected chi connectivity index (χ2v) is 6.23. The molecule has 1 aliphatic heterocycles. The summed E-state index contributed by atoms with van der Waals surface area (Å²) < 4.78 is 15.0. The van der Waals surface area contributed by atoms with Gasteiger partial charge in [0, 0.05) is 30.2 Å². The number of fused-ring (bicyclic) bond motifs is 1. The van der Waals surface area contributed by atoms with Crippen molar-refractivity contribution in [2.24, 2.45) is 5.73 Å². The predicted molar refractivity (Wildman–Crippen MR) is 97.8 cm³/mol. The topological polar surface area (TPSA) is 47.1 Å². The van der Waals surface area contributed by atoms with E-state index in [1.165, 1.54) is 23.4 Å². The van der Waals surface area contributed by atoms with Crippen LogP contribution in [0.4, 0.5) is 10.1 Å². The molecule has 1 saturated heterocycles. The van der Waals surface area contributed by atoms with Crippen LogP contribution in [0.25, 0.3) is 16.6 Å². The van der Waals surface area contributed by atoms with Crippen LogP contribution < -0.4 is 10.6 Å². The highest BCUT2D eigenvalue weighted by molar-refractivity contribution is 5.86. The lowest BCUT2D eigenvalue weighted by Gasteiger charge is -2.20. The molecule has 0 aliphatic carbocycles. The van der Waals surface area contributed by atoms with E-state index in [-0.39, 0.29) is 24.3 Å². The lowest BCUT2D eigenvalue weighted by molar-refractivity contribution is 0.627. The molecule has 4 nitrogen and oxygen atoms in total. The summed E-state index contributed by atoms with van der Waals surface area (Å²) in [5, 5.41) is 5.55. The number of hydrogen-bond donors (Lipinski definition) is 1. The number of nitrogens with two attached hydrogens (primary N) is 1. The van der Waals surface area contributed by atoms with Gasteiger partial charge in [-0.3, -0.25) is 0 Å². The van der Waals surface area contributed by atoms with Crippen LogP contribution in [-0.4, -0.2) is 28.9 Å². The van der Waals surface area contributed by atoms with Crippen LogP contribution in [0.2, 0.25) is 0 Å². The van der Waals surface area contributed by atoms with Crippen LogP contribution in [-0.2, 0) is 0 Å². The molecule has 0 radical (unpaired) electrons. The molecule has 2 N–H and O–H groups in total. The first-order valence-corrected chi connectivity index (χ1v) is 7.87. The largest absolute Gasteiger partial charge is 0.370 e. The summed E-state index contributed by atoms with van der Waals surface area (Å²) in [6.45, 7) is 4.01. The Morgan fingerprint density at radius 2 is 1.96 bits per heavy atom. The lowest BCUT2D eigenvalue weighted by Crippen LogP contribution is -2.26. The Balaban J connectivity index is 0.00000169. The van der Waals surface area contributed by atoms with E-state index in [2.05, 4.69) is 29.1 Å². The zero-order valence-electron chi connectivity index (χ0n) is 13.4. The summed E-state index contributed by atoms with van der Waals surface area (Å²) >= 11 is 0. The maximum absolute atomic E-state index is 13.1. The second kappa shape index (κ2) is 6.42. The minimum absolute atomic E-state index is 0. The van der Waals surface area contributed by atoms with Crippen molar-refractivity contribution in [1.29, 1.82) is 0 Å². The molecule has 126 valence electrons. The third-order valence-corrected chi connectivity index (χ3v) is 4.52. The average molecular weight is 347 g/mol. The van der Waals surface area contributed by atoms with Gasteiger partial charge in [0.15, 0.2) is 0 Å². The number of anilines is 1. The molecule has 0 bridgehead atoms. The smallest absolute Gasteiger partial charge is 0.123 e. The highest BCUT2D eigenvalue weighted by Gasteiger charge is 2.21. The predicted octanol–water partition coefficient (Wildman–Crippen LogP) is 3.43. The molecule has 1 fully saturated rings. The van der Waals surface area contributed by atoms with E-state index in [0.29, 0.717) is 0 Å². The Morgan fingerprint density at radius 3 is 2.62 bits per heavy atom. The Hall–Kier alpha value is -2.11. The molecule has 2 aromatic carbocycles. The zero-order valence-corrected chi connectivity index (χ0v) is 14.3. The van der Waals surface area contributed by atoms with Gasteiger partial charge in [0.25, 0.3) is 0 Å². The number of hydrogen-bond acceptors (Lipinski definition) is 3. The van der Waals surface area contributed by atoms with Crippen molar-refractivity contribution in [2.75, 3.05) is 18.0 Å². The monoisotopic (exact) mass is 346 g/mol. The van der Waals surface area contributed by atoms with Gasteiger partial charge >= 0.3 is 0 Å². The SMILES string of the molecule is Cc1cc2c(cnn2-c2ccc(F)cc2)cc1N1CC[C@H](N)C1.Cl. The highest BCUT2D eigenvalue weighted by atomic mass is 35.5. The molecular weight excluding hydrogens is 327 g/mol. The fourth-order valence-electron chi connectivity index (χ4n) is 3.30. The minimum atomic E-state index is -0.242. The van der Waals surface area contributed by atoms with Crippen molar-refractivity contribution in [3.8, 4) is 5.69 Å². The first kappa shape index (κ1) is 16.7. The van der Waals surface area contributed by atoms with Gasteiger partial charge in [-0.15, -0.1) is 12.4 Å². The fraction of sp³-hybridized carbons (Fsp3) is 0.278. The van der Waals surface area contributed by atoms with Crippen molar-refractivity contribution in [1.82, 2.24) is 9.78 Å². The standard InChI is InChI=1S/C18H19FN4.ClH/c1-12-8-18-13(9-17(12)22-7-6-15(20)11-22)10-21-23(18)16-4-2-14(19)3-5-16;/h2-5,8-10,15H,6-7,11,20H2,1H3;1H/t15-;/m0./s1. The number of rotatable bonds is 2. The summed E-state index contributed by atoms with van der Waals surface area (Å²) in [4.78, 5) is 2.34. The Kier molecular flexibility index (Phi) is 4.47. The van der Waals surface area contributed by atoms with Gasteiger partial charge in [-0.2, -0.15) is 5.10 Å². The van der Waals surface area contributed by atoms with Crippen LogP contribution in [0.3, 0.4) is 0 Å². The molecule has 1 aliphatic rings. The Bertz CT molecular complexity index is 859. The normalized spacial score (nSPS) is 17.3. The Labute approximate surface area is 146 Å². The maximum Gasteiger partial charge on any atom is 0.123 e. The van der Waals surface area contributed by atoms with Gasteiger partial charge in [-0.25, -0.2) is 9.07 Å². The van der Waals surface area contributed by atoms with E-state index in [0.717, 1.165) is 36.1 Å². The Morgan fingerprint density at radius 1 is 1.21 bits per heavy atom. The van der Waals surface area contributed by atoms with Crippen LogP contribution in [0.5, 0.6) is 0 Å². The fourth-order valence-corrected chi connectivity index (χ4v) is 3.30. The first-order valence-electron chi connectivity index (χ1n) is 7.87. The van der Waals surface area contributed by atoms with Crippen LogP contribution >= 0.6 is 12.4 Å². The second-order valence-electron chi connectivity index (χ2n) is 6.23. The quantitative estimate of drug-likeness (QED) is 0.773. The summed E-state index contributed by atoms with van der Waals surface area (Å²) in [7, 11) is 0. The molecule has 3 aromatic rings. The molecular formula is C18H20ClFN4. The first-order chi connectivity index (χ1) is 11.1. The van der Waals surface area contributed by atoms with Gasteiger partial charge in [0.05, 0.1) is 17.4 Å². The van der Waals surface area contributed by atoms with Gasteiger partial charge < -0.3 is 10.6 Å². The number of aromatic nitrogens is 2. The zero-order chi connectivity index (χ0) is 16.0. The van der Waals surface area contributed by atoms with E-state index < -0.39 is 0 Å². The van der Waals surface area contributed by atoms with E-state index in [4.69, 9.17) is 5.73 Å². The summed E-state index contributed by atoms with van der Waals surface area (Å²) in [5.74, 6) is -0.242. The maximum atomic E-state index is 13.1. The van der Waals surface area contributed by atoms with E-state index in [1.54, 1.807) is 12.1 Å². The molecule has 4 rings (SSSR count). The molecule has 0 unspecified atom stereocenters. The van der Waals surface area contributed by atoms with Crippen molar-refractivity contribution in [2.45, 2.75) is 19.4 Å². The molecule has 0 amide bonds. The highest BCUT2D eigenvalue weighted by Crippen LogP contribution is 2.30. The lowest BCUT2D eigenvalue weighted by atomic mass is 10.1. The van der Waals surface area contributed by atoms with Crippen molar-refractivity contribution in [3.63, 3.8) is 0 Å². The number of nitrogens with zero attached hydrogens (tertiary/aromatic N) is 3. The van der Waals surface area contributed by atoms with E-state index in [1.807, 2.05) is 10.9 Å². The van der Waals surface area contributed by atoms with Crippen molar-refractivity contribution < 1.29 is 4.39 Å². The molecule has 24 heavy (non-hydrogen) atoms. The van der Waals surface area contributed by atoms with Crippen molar-refractivity contribution in [3.05, 3.63) is 54.0 Å². The van der Waals surface area contributed by atoms with E-state index >= 15 is 0 Å². The molecule has 6 heteroatoms. The van der Waals surface area contributed by atoms with E-state index in [9.17, 15) is 4.39 Å². The molecule has 0 spiro atoms. The number of benzene rings is 2. The van der Waals surface area contributed by atoms with Crippen LogP contribution in [0, 0.1) is 12.7 Å². The summed E-state index contributed by atoms with van der Waals surface area (Å²) in [6, 6.07) is 11.0. The van der Waals surface area contributed by atoms with Gasteiger partial charge in [0.2, 0.25) is 0 Å². The molecule has 1 atom stereocenters. The summed E-state index contributed by atoms with van der Waals surface area (Å²) in [5.41, 5.74) is 10.3. The molecule has 2 heterocycles. The van der Waals surface area contributed by atoms with Gasteiger partial charge in [-0.05, 0) is 55.3 Å². The third kappa shape index (κ3) is 2.85. The van der Waals surface area contributed by atoms with Crippen molar-refractivity contribution >= 4 is 29.0 Å². The average Bonchev–Trinajstić information content (AvgIpc) is 3.13. The number of halogens is 2. The van der Waals surface area contributed by atoms with Gasteiger partial charge in [-0.1, -0.05) is 0 Å². The van der Waals surface area contributed by atoms with Gasteiger partial charge in [0.1, 0.15) is 5.82 Å². The summed E-state index contributed by atoms with van der Waals surface area (Å²) in [6.07, 6.45) is 2.89. The minimum Gasteiger partial charge on any atom is -0.370 e. The molecule has 1 aromatic heterocycles.